The van der Waals surface area contributed by atoms with E-state index in [9.17, 15) is 0 Å². The number of pyridine rings is 1. The molecule has 4 rings (SSSR count). The summed E-state index contributed by atoms with van der Waals surface area (Å²) in [7, 11) is 1.76. The van der Waals surface area contributed by atoms with Crippen molar-refractivity contribution in [2.24, 2.45) is 4.99 Å². The molecule has 1 saturated heterocycles. The molecule has 1 unspecified atom stereocenters. The number of hydrogen-bond donors (Lipinski definition) is 2. The minimum Gasteiger partial charge on any atom is -0.356 e. The predicted octanol–water partition coefficient (Wildman–Crippen LogP) is 3.95. The van der Waals surface area contributed by atoms with Crippen molar-refractivity contribution in [3.63, 3.8) is 0 Å². The highest BCUT2D eigenvalue weighted by Crippen LogP contribution is 2.25. The number of aromatic nitrogens is 2. The Morgan fingerprint density at radius 3 is 2.87 bits per heavy atom. The lowest BCUT2D eigenvalue weighted by Gasteiger charge is -2.20. The number of rotatable bonds is 5. The van der Waals surface area contributed by atoms with Crippen LogP contribution in [0.15, 0.2) is 64.2 Å². The minimum atomic E-state index is 0. The van der Waals surface area contributed by atoms with Crippen LogP contribution in [0.3, 0.4) is 0 Å². The Bertz CT molecular complexity index is 980. The minimum absolute atomic E-state index is 0. The number of halogens is 2. The van der Waals surface area contributed by atoms with Crippen LogP contribution in [-0.4, -0.2) is 42.3 Å². The van der Waals surface area contributed by atoms with E-state index in [-0.39, 0.29) is 30.0 Å². The number of aliphatic imine (C=N–C) groups is 1. The van der Waals surface area contributed by atoms with Crippen molar-refractivity contribution in [2.45, 2.75) is 19.0 Å². The summed E-state index contributed by atoms with van der Waals surface area (Å²) in [5.41, 5.74) is 1.83. The molecule has 0 aliphatic carbocycles. The first-order valence-electron chi connectivity index (χ1n) is 9.56. The second-order valence-electron chi connectivity index (χ2n) is 6.86. The van der Waals surface area contributed by atoms with Crippen molar-refractivity contribution < 1.29 is 4.52 Å². The Morgan fingerprint density at radius 1 is 1.27 bits per heavy atom. The number of benzene rings is 1. The summed E-state index contributed by atoms with van der Waals surface area (Å²) < 4.78 is 5.45. The molecule has 3 aromatic rings. The van der Waals surface area contributed by atoms with Crippen LogP contribution in [0, 0.1) is 0 Å². The van der Waals surface area contributed by atoms with Crippen LogP contribution in [-0.2, 0) is 6.54 Å². The van der Waals surface area contributed by atoms with E-state index in [1.165, 1.54) is 0 Å². The van der Waals surface area contributed by atoms with Gasteiger partial charge in [-0.15, -0.1) is 24.0 Å². The summed E-state index contributed by atoms with van der Waals surface area (Å²) in [4.78, 5) is 10.9. The highest BCUT2D eigenvalue weighted by Gasteiger charge is 2.25. The molecule has 2 N–H and O–H groups in total. The summed E-state index contributed by atoms with van der Waals surface area (Å²) in [5.74, 6) is 2.31. The number of hydrogen-bond acceptors (Lipinski definition) is 5. The van der Waals surface area contributed by atoms with E-state index in [0.29, 0.717) is 11.6 Å². The van der Waals surface area contributed by atoms with E-state index in [1.54, 1.807) is 13.2 Å². The van der Waals surface area contributed by atoms with Crippen LogP contribution >= 0.6 is 35.6 Å². The quantitative estimate of drug-likeness (QED) is 0.291. The molecule has 0 bridgehead atoms. The first-order chi connectivity index (χ1) is 14.2. The number of anilines is 1. The van der Waals surface area contributed by atoms with Gasteiger partial charge >= 0.3 is 0 Å². The molecule has 1 aliphatic heterocycles. The van der Waals surface area contributed by atoms with Gasteiger partial charge in [-0.3, -0.25) is 4.99 Å². The zero-order valence-corrected chi connectivity index (χ0v) is 19.7. The molecule has 0 spiro atoms. The third-order valence-corrected chi connectivity index (χ3v) is 5.14. The van der Waals surface area contributed by atoms with Gasteiger partial charge < -0.3 is 20.1 Å². The van der Waals surface area contributed by atoms with Crippen LogP contribution < -0.4 is 15.5 Å². The molecule has 1 fully saturated rings. The lowest BCUT2D eigenvalue weighted by Crippen LogP contribution is -2.44. The average molecular weight is 539 g/mol. The van der Waals surface area contributed by atoms with Crippen molar-refractivity contribution in [3.8, 4) is 11.3 Å². The van der Waals surface area contributed by atoms with Gasteiger partial charge in [0.1, 0.15) is 11.5 Å². The maximum absolute atomic E-state index is 6.27. The SMILES string of the molecule is CN=C(NCc1cc(-c2ccccc2)on1)NC1CCN(c2ncccc2Cl)C1.I. The smallest absolute Gasteiger partial charge is 0.191 e. The number of nitrogens with one attached hydrogen (secondary N) is 2. The maximum Gasteiger partial charge on any atom is 0.191 e. The highest BCUT2D eigenvalue weighted by atomic mass is 127. The van der Waals surface area contributed by atoms with Gasteiger partial charge in [0.05, 0.1) is 11.6 Å². The molecule has 9 heteroatoms. The maximum atomic E-state index is 6.27. The van der Waals surface area contributed by atoms with Crippen molar-refractivity contribution >= 4 is 47.4 Å². The summed E-state index contributed by atoms with van der Waals surface area (Å²) in [6.07, 6.45) is 2.75. The van der Waals surface area contributed by atoms with Crippen LogP contribution in [0.5, 0.6) is 0 Å². The molecule has 2 aromatic heterocycles. The summed E-state index contributed by atoms with van der Waals surface area (Å²) in [5, 5.41) is 11.6. The van der Waals surface area contributed by atoms with Gasteiger partial charge in [-0.1, -0.05) is 47.1 Å². The largest absolute Gasteiger partial charge is 0.356 e. The van der Waals surface area contributed by atoms with Gasteiger partial charge in [0.15, 0.2) is 11.7 Å². The average Bonchev–Trinajstić information content (AvgIpc) is 3.42. The van der Waals surface area contributed by atoms with Crippen molar-refractivity contribution in [1.82, 2.24) is 20.8 Å². The van der Waals surface area contributed by atoms with E-state index < -0.39 is 0 Å². The monoisotopic (exact) mass is 538 g/mol. The molecule has 1 aromatic carbocycles. The zero-order chi connectivity index (χ0) is 20.1. The molecule has 1 atom stereocenters. The lowest BCUT2D eigenvalue weighted by atomic mass is 10.2. The van der Waals surface area contributed by atoms with Crippen LogP contribution in [0.25, 0.3) is 11.3 Å². The molecular formula is C21H24ClIN6O. The third kappa shape index (κ3) is 5.42. The standard InChI is InChI=1S/C21H23ClN6O.HI/c1-23-21(25-13-17-12-19(29-27-17)15-6-3-2-4-7-15)26-16-9-11-28(14-16)20-18(22)8-5-10-24-20;/h2-8,10,12,16H,9,11,13-14H2,1H3,(H2,23,25,26);1H. The molecular weight excluding hydrogens is 515 g/mol. The fourth-order valence-corrected chi connectivity index (χ4v) is 3.62. The summed E-state index contributed by atoms with van der Waals surface area (Å²) >= 11 is 6.27. The topological polar surface area (TPSA) is 78.6 Å². The Balaban J connectivity index is 0.00000256. The van der Waals surface area contributed by atoms with Gasteiger partial charge in [0.2, 0.25) is 0 Å². The Hall–Kier alpha value is -2.33. The van der Waals surface area contributed by atoms with Gasteiger partial charge in [-0.05, 0) is 18.6 Å². The van der Waals surface area contributed by atoms with Crippen LogP contribution in [0.4, 0.5) is 5.82 Å². The van der Waals surface area contributed by atoms with Crippen molar-refractivity contribution in [1.29, 1.82) is 0 Å². The van der Waals surface area contributed by atoms with Gasteiger partial charge in [-0.2, -0.15) is 0 Å². The molecule has 158 valence electrons. The molecule has 30 heavy (non-hydrogen) atoms. The Morgan fingerprint density at radius 2 is 2.10 bits per heavy atom. The van der Waals surface area contributed by atoms with Crippen molar-refractivity contribution in [3.05, 3.63) is 65.4 Å². The van der Waals surface area contributed by atoms with E-state index >= 15 is 0 Å². The van der Waals surface area contributed by atoms with Crippen LogP contribution in [0.2, 0.25) is 5.02 Å². The van der Waals surface area contributed by atoms with E-state index in [2.05, 4.69) is 30.7 Å². The second kappa shape index (κ2) is 10.6. The normalized spacial score (nSPS) is 16.3. The number of guanidine groups is 1. The predicted molar refractivity (Wildman–Crippen MR) is 131 cm³/mol. The fourth-order valence-electron chi connectivity index (χ4n) is 3.38. The van der Waals surface area contributed by atoms with E-state index in [0.717, 1.165) is 48.3 Å². The highest BCUT2D eigenvalue weighted by molar-refractivity contribution is 14.0. The van der Waals surface area contributed by atoms with Crippen molar-refractivity contribution in [2.75, 3.05) is 25.0 Å². The molecule has 0 amide bonds. The Kier molecular flexibility index (Phi) is 7.92. The van der Waals surface area contributed by atoms with Gasteiger partial charge in [-0.25, -0.2) is 4.98 Å². The van der Waals surface area contributed by atoms with E-state index in [1.807, 2.05) is 48.5 Å². The molecule has 0 radical (unpaired) electrons. The van der Waals surface area contributed by atoms with Crippen LogP contribution in [0.1, 0.15) is 12.1 Å². The van der Waals surface area contributed by atoms with E-state index in [4.69, 9.17) is 16.1 Å². The first-order valence-corrected chi connectivity index (χ1v) is 9.94. The van der Waals surface area contributed by atoms with Gasteiger partial charge in [0.25, 0.3) is 0 Å². The third-order valence-electron chi connectivity index (χ3n) is 4.85. The Labute approximate surface area is 197 Å². The molecule has 3 heterocycles. The zero-order valence-electron chi connectivity index (χ0n) is 16.6. The molecule has 0 saturated carbocycles. The molecule has 7 nitrogen and oxygen atoms in total. The summed E-state index contributed by atoms with van der Waals surface area (Å²) in [6, 6.07) is 15.8. The summed E-state index contributed by atoms with van der Waals surface area (Å²) in [6.45, 7) is 2.24. The molecule has 1 aliphatic rings. The fraction of sp³-hybridized carbons (Fsp3) is 0.286. The first kappa shape index (κ1) is 22.4. The number of nitrogens with zero attached hydrogens (tertiary/aromatic N) is 4. The van der Waals surface area contributed by atoms with Gasteiger partial charge in [0, 0.05) is 44.0 Å². The lowest BCUT2D eigenvalue weighted by molar-refractivity contribution is 0.422. The second-order valence-corrected chi connectivity index (χ2v) is 7.27.